The molecule has 5 fully saturated rings. The predicted molar refractivity (Wildman–Crippen MR) is 391 cm³/mol. The molecule has 4 saturated heterocycles. The fourth-order valence-corrected chi connectivity index (χ4v) is 16.2. The summed E-state index contributed by atoms with van der Waals surface area (Å²) < 4.78 is 31.0. The van der Waals surface area contributed by atoms with Crippen molar-refractivity contribution in [2.45, 2.75) is 237 Å². The number of carbonyl (C=O) groups excluding carboxylic acids is 10. The number of nitrogens with one attached hydrogen (secondary N) is 5. The molecule has 3 aromatic carbocycles. The number of unbranched alkanes of at least 4 members (excludes halogenated alkanes) is 2. The highest BCUT2D eigenvalue weighted by Gasteiger charge is 2.48. The van der Waals surface area contributed by atoms with E-state index in [2.05, 4.69) is 31.6 Å². The first-order valence-corrected chi connectivity index (χ1v) is 37.9. The second kappa shape index (κ2) is 34.0. The lowest BCUT2D eigenvalue weighted by molar-refractivity contribution is -0.146. The Bertz CT molecular complexity index is 4100. The third kappa shape index (κ3) is 19.7. The van der Waals surface area contributed by atoms with E-state index in [9.17, 15) is 57.8 Å². The van der Waals surface area contributed by atoms with Crippen molar-refractivity contribution in [1.29, 1.82) is 0 Å². The molecule has 1 unspecified atom stereocenters. The maximum Gasteiger partial charge on any atom is 0.408 e. The monoisotopic (exact) mass is 1470 g/mol. The van der Waals surface area contributed by atoms with Crippen molar-refractivity contribution in [3.8, 4) is 16.2 Å². The second-order valence-electron chi connectivity index (χ2n) is 31.3. The van der Waals surface area contributed by atoms with Gasteiger partial charge in [-0.3, -0.25) is 57.6 Å². The zero-order valence-electron chi connectivity index (χ0n) is 61.8. The molecule has 10 rings (SSSR count). The summed E-state index contributed by atoms with van der Waals surface area (Å²) in [4.78, 5) is 159. The van der Waals surface area contributed by atoms with Crippen molar-refractivity contribution < 1.29 is 66.9 Å². The number of fused-ring (bicyclic) bond motifs is 2. The van der Waals surface area contributed by atoms with Crippen LogP contribution in [-0.2, 0) is 67.8 Å². The minimum Gasteiger partial charge on any atom is -0.488 e. The van der Waals surface area contributed by atoms with Gasteiger partial charge in [0.15, 0.2) is 11.6 Å². The Morgan fingerprint density at radius 3 is 2.23 bits per heavy atom. The number of nitrogens with zero attached hydrogens (tertiary/aromatic N) is 6. The van der Waals surface area contributed by atoms with E-state index in [1.807, 2.05) is 77.1 Å². The van der Waals surface area contributed by atoms with Crippen LogP contribution >= 0.6 is 11.3 Å². The van der Waals surface area contributed by atoms with E-state index in [4.69, 9.17) is 15.2 Å². The van der Waals surface area contributed by atoms with E-state index < -0.39 is 113 Å². The molecule has 8 N–H and O–H groups in total. The van der Waals surface area contributed by atoms with Gasteiger partial charge in [-0.15, -0.1) is 11.3 Å². The number of rotatable bonds is 26. The molecule has 105 heavy (non-hydrogen) atoms. The highest BCUT2D eigenvalue weighted by Crippen LogP contribution is 2.37. The summed E-state index contributed by atoms with van der Waals surface area (Å²) >= 11 is 1.55. The minimum atomic E-state index is -1.28. The lowest BCUT2D eigenvalue weighted by atomic mass is 9.78. The molecule has 0 spiro atoms. The molecule has 1 saturated carbocycles. The lowest BCUT2D eigenvalue weighted by Crippen LogP contribution is -2.62. The van der Waals surface area contributed by atoms with Crippen LogP contribution in [0.2, 0.25) is 0 Å². The van der Waals surface area contributed by atoms with E-state index in [1.165, 1.54) is 25.0 Å². The summed E-state index contributed by atoms with van der Waals surface area (Å²) in [6.45, 7) is 14.1. The van der Waals surface area contributed by atoms with Gasteiger partial charge < -0.3 is 56.3 Å². The molecular weight excluding hydrogens is 1370 g/mol. The molecular formula is C77H103FN12O14S. The van der Waals surface area contributed by atoms with Gasteiger partial charge in [0.1, 0.15) is 42.4 Å². The molecule has 9 atom stereocenters. The highest BCUT2D eigenvalue weighted by atomic mass is 32.1. The van der Waals surface area contributed by atoms with E-state index in [-0.39, 0.29) is 113 Å². The maximum absolute atomic E-state index is 16.3. The van der Waals surface area contributed by atoms with Crippen molar-refractivity contribution in [1.82, 2.24) is 55.4 Å². The van der Waals surface area contributed by atoms with Crippen molar-refractivity contribution in [2.24, 2.45) is 30.0 Å². The summed E-state index contributed by atoms with van der Waals surface area (Å²) in [7, 11) is 1.67. The van der Waals surface area contributed by atoms with Crippen LogP contribution in [-0.4, -0.2) is 167 Å². The third-order valence-corrected chi connectivity index (χ3v) is 22.1. The number of aryl methyl sites for hydroxylation is 3. The van der Waals surface area contributed by atoms with E-state index in [0.717, 1.165) is 59.4 Å². The Balaban J connectivity index is 0.698. The average Bonchev–Trinajstić information content (AvgIpc) is 1.62. The average molecular weight is 1470 g/mol. The number of aliphatic hydroxyl groups excluding tert-OH is 1. The van der Waals surface area contributed by atoms with Gasteiger partial charge in [-0.2, -0.15) is 0 Å². The van der Waals surface area contributed by atoms with Crippen LogP contribution in [0.1, 0.15) is 192 Å². The van der Waals surface area contributed by atoms with Gasteiger partial charge in [0.05, 0.1) is 51.8 Å². The molecule has 28 heteroatoms. The number of imide groups is 1. The Morgan fingerprint density at radius 1 is 0.819 bits per heavy atom. The molecule has 5 aliphatic rings. The molecule has 6 heterocycles. The van der Waals surface area contributed by atoms with Crippen molar-refractivity contribution in [3.63, 3.8) is 0 Å². The molecule has 10 amide bonds. The van der Waals surface area contributed by atoms with Crippen LogP contribution in [0, 0.1) is 30.0 Å². The highest BCUT2D eigenvalue weighted by molar-refractivity contribution is 7.13. The minimum absolute atomic E-state index is 0.0283. The number of aliphatic hydroxyl groups is 1. The second-order valence-corrected chi connectivity index (χ2v) is 32.2. The molecule has 26 nitrogen and oxygen atoms in total. The molecule has 2 aromatic heterocycles. The van der Waals surface area contributed by atoms with Crippen LogP contribution < -0.4 is 42.7 Å². The number of hydrogen-bond acceptors (Lipinski definition) is 16. The summed E-state index contributed by atoms with van der Waals surface area (Å²) in [5, 5.41) is 24.8. The number of ether oxygens (including phenoxy) is 2. The number of imidazole rings is 1. The molecule has 4 aliphatic heterocycles. The summed E-state index contributed by atoms with van der Waals surface area (Å²) in [5.74, 6) is -4.34. The standard InChI is InChI=1S/C77H103FN12O14S/c1-44(49-23-25-51(26-24-49)67-45(2)80-43-105-67)81-71(98)60-39-54(91)40-88(60)73(100)68(76(3,4)5)84-63(93)17-12-10-11-14-50-15-13-16-61(66(50)78)103-42-52(27-32-62(79)92)82-69(96)57-30-28-53-34-35-87(41-55(72(99)89(53)57)83-74(101)104-77(6,7)8)65(95)38-47-20-18-46(19-21-47)36-48-22-29-56-59(37-48)86(9)75(102)90(56)58-31-33-64(94)85-70(58)97/h13,15-16,22-26,29,37,43-44,46-47,52-55,57-58,60,68,91H,10-12,14,17-21,27-28,30-36,38-42H2,1-9H3,(H2,79,92)(H,81,98)(H,82,96)(H,83,101)(H,84,93)(H,85,94,97)/t44-,46-,47+,52-,53+,54+,55-,57-,58?,60-,68+/m0/s1. The van der Waals surface area contributed by atoms with Gasteiger partial charge in [0.25, 0.3) is 0 Å². The maximum atomic E-state index is 16.3. The number of amides is 10. The number of benzene rings is 3. The number of aromatic nitrogens is 3. The van der Waals surface area contributed by atoms with E-state index >= 15 is 4.39 Å². The van der Waals surface area contributed by atoms with Gasteiger partial charge in [0.2, 0.25) is 53.2 Å². The topological polar surface area (TPSA) is 345 Å². The smallest absolute Gasteiger partial charge is 0.408 e. The molecule has 0 bridgehead atoms. The molecule has 568 valence electrons. The Hall–Kier alpha value is -9.05. The Labute approximate surface area is 615 Å². The Kier molecular flexibility index (Phi) is 25.4. The van der Waals surface area contributed by atoms with Gasteiger partial charge in [-0.25, -0.2) is 19.0 Å². The number of thiazole rings is 1. The first-order valence-electron chi connectivity index (χ1n) is 37.0. The normalized spacial score (nSPS) is 22.4. The van der Waals surface area contributed by atoms with Crippen molar-refractivity contribution >= 4 is 81.6 Å². The number of piperidine rings is 1. The number of primary amides is 1. The van der Waals surface area contributed by atoms with Gasteiger partial charge in [-0.05, 0) is 176 Å². The zero-order valence-corrected chi connectivity index (χ0v) is 62.6. The third-order valence-electron chi connectivity index (χ3n) is 21.1. The first-order chi connectivity index (χ1) is 49.8. The fraction of sp³-hybridized carbons (Fsp3) is 0.584. The number of hydrogen-bond donors (Lipinski definition) is 7. The number of nitrogens with two attached hydrogens (primary N) is 1. The number of β-amino-alcohol motifs (C(OH)–C–C–N with tert-alkyl or cyclic N) is 1. The van der Waals surface area contributed by atoms with Crippen LogP contribution in [0.4, 0.5) is 9.18 Å². The summed E-state index contributed by atoms with van der Waals surface area (Å²) in [5.41, 5.74) is 10.9. The van der Waals surface area contributed by atoms with E-state index in [0.29, 0.717) is 61.0 Å². The summed E-state index contributed by atoms with van der Waals surface area (Å²) in [6, 6.07) is 11.6. The van der Waals surface area contributed by atoms with Crippen LogP contribution in [0.15, 0.2) is 71.0 Å². The van der Waals surface area contributed by atoms with Gasteiger partial charge in [0, 0.05) is 58.3 Å². The van der Waals surface area contributed by atoms with Gasteiger partial charge in [-0.1, -0.05) is 69.7 Å². The molecule has 5 aromatic rings. The SMILES string of the molecule is Cc1ncsc1-c1ccc([C@H](C)NC(=O)[C@@H]2C[C@@H](O)CN2C(=O)[C@@H](NC(=O)CCCCCc2cccc(OC[C@H](CCC(N)=O)NC(=O)[C@@H]3CC[C@@H]4CCN(C(=O)C[C@H]5CC[C@@H](Cc6ccc7c(c6)n(C)c(=O)n7C6CCC(=O)NC6=O)CC5)C[C@H](NC(=O)OC(C)(C)C)C(=O)N43)c2F)C(C)(C)C)cc1. The molecule has 0 radical (unpaired) electrons. The van der Waals surface area contributed by atoms with Crippen LogP contribution in [0.5, 0.6) is 5.75 Å². The predicted octanol–water partition coefficient (Wildman–Crippen LogP) is 7.42. The van der Waals surface area contributed by atoms with Crippen LogP contribution in [0.25, 0.3) is 21.5 Å². The lowest BCUT2D eigenvalue weighted by Gasteiger charge is -2.39. The quantitative estimate of drug-likeness (QED) is 0.0209. The number of halogens is 1. The number of carbonyl (C=O) groups is 10. The van der Waals surface area contributed by atoms with Crippen molar-refractivity contribution in [2.75, 3.05) is 26.2 Å². The number of likely N-dealkylation sites (tertiary alicyclic amines) is 1. The summed E-state index contributed by atoms with van der Waals surface area (Å²) in [6.07, 6.45) is 5.65. The first kappa shape index (κ1) is 78.5. The van der Waals surface area contributed by atoms with E-state index in [1.54, 1.807) is 61.7 Å². The molecule has 1 aliphatic carbocycles. The van der Waals surface area contributed by atoms with Crippen LogP contribution in [0.3, 0.4) is 0 Å². The van der Waals surface area contributed by atoms with Gasteiger partial charge >= 0.3 is 11.8 Å². The Morgan fingerprint density at radius 2 is 1.54 bits per heavy atom. The fourth-order valence-electron chi connectivity index (χ4n) is 15.4. The number of alkyl carbamates (subject to hydrolysis) is 1. The van der Waals surface area contributed by atoms with Crippen molar-refractivity contribution in [3.05, 3.63) is 105 Å². The largest absolute Gasteiger partial charge is 0.488 e. The zero-order chi connectivity index (χ0) is 75.8.